The lowest BCUT2D eigenvalue weighted by Crippen LogP contribution is -2.51. The summed E-state index contributed by atoms with van der Waals surface area (Å²) < 4.78 is 26.4. The maximum Gasteiger partial charge on any atom is 0.243 e. The van der Waals surface area contributed by atoms with Gasteiger partial charge in [0.1, 0.15) is 0 Å². The Kier molecular flexibility index (Phi) is 6.69. The Morgan fingerprint density at radius 1 is 1.09 bits per heavy atom. The fourth-order valence-corrected chi connectivity index (χ4v) is 3.74. The van der Waals surface area contributed by atoms with Crippen molar-refractivity contribution in [2.75, 3.05) is 32.7 Å². The zero-order valence-corrected chi connectivity index (χ0v) is 14.4. The van der Waals surface area contributed by atoms with Gasteiger partial charge in [-0.05, 0) is 19.1 Å². The number of hydrogen-bond donors (Lipinski definition) is 1. The Hall–Kier alpha value is -1.48. The molecule has 2 rings (SSSR count). The molecule has 0 saturated carbocycles. The fourth-order valence-electron chi connectivity index (χ4n) is 2.32. The summed E-state index contributed by atoms with van der Waals surface area (Å²) in [6.07, 6.45) is 0. The van der Waals surface area contributed by atoms with Crippen LogP contribution < -0.4 is 5.73 Å². The molecular formula is C14H20ClN3O4S. The lowest BCUT2D eigenvalue weighted by molar-refractivity contribution is -0.130. The first-order chi connectivity index (χ1) is 10.4. The van der Waals surface area contributed by atoms with Crippen molar-refractivity contribution >= 4 is 34.1 Å². The van der Waals surface area contributed by atoms with Gasteiger partial charge in [-0.25, -0.2) is 8.42 Å². The molecule has 1 aromatic rings. The van der Waals surface area contributed by atoms with E-state index in [0.717, 1.165) is 0 Å². The molecule has 0 radical (unpaired) electrons. The van der Waals surface area contributed by atoms with E-state index in [1.54, 1.807) is 4.90 Å². The van der Waals surface area contributed by atoms with E-state index in [0.29, 0.717) is 18.7 Å². The number of nitrogens with two attached hydrogens (primary N) is 1. The molecule has 1 amide bonds. The van der Waals surface area contributed by atoms with Crippen molar-refractivity contribution in [3.05, 3.63) is 29.8 Å². The van der Waals surface area contributed by atoms with Crippen molar-refractivity contribution in [1.29, 1.82) is 0 Å². The Bertz CT molecular complexity index is 668. The zero-order chi connectivity index (χ0) is 16.3. The van der Waals surface area contributed by atoms with Crippen molar-refractivity contribution < 1.29 is 18.0 Å². The number of carbonyl (C=O) groups excluding carboxylic acids is 2. The maximum atomic E-state index is 12.5. The first-order valence-electron chi connectivity index (χ1n) is 6.95. The molecule has 128 valence electrons. The van der Waals surface area contributed by atoms with Crippen molar-refractivity contribution in [3.8, 4) is 0 Å². The van der Waals surface area contributed by atoms with E-state index in [4.69, 9.17) is 5.73 Å². The topological polar surface area (TPSA) is 101 Å². The van der Waals surface area contributed by atoms with Crippen LogP contribution in [0.1, 0.15) is 17.3 Å². The number of halogens is 1. The second-order valence-electron chi connectivity index (χ2n) is 5.07. The lowest BCUT2D eigenvalue weighted by atomic mass is 10.2. The summed E-state index contributed by atoms with van der Waals surface area (Å²) in [5.41, 5.74) is 5.77. The molecule has 23 heavy (non-hydrogen) atoms. The Morgan fingerprint density at radius 2 is 1.61 bits per heavy atom. The van der Waals surface area contributed by atoms with Crippen LogP contribution in [0.2, 0.25) is 0 Å². The second kappa shape index (κ2) is 7.87. The molecule has 9 heteroatoms. The van der Waals surface area contributed by atoms with Gasteiger partial charge in [0.25, 0.3) is 0 Å². The number of ketones is 1. The summed E-state index contributed by atoms with van der Waals surface area (Å²) in [7, 11) is -3.61. The van der Waals surface area contributed by atoms with Gasteiger partial charge >= 0.3 is 0 Å². The van der Waals surface area contributed by atoms with E-state index in [1.165, 1.54) is 35.5 Å². The monoisotopic (exact) mass is 361 g/mol. The van der Waals surface area contributed by atoms with Crippen LogP contribution in [0.15, 0.2) is 29.2 Å². The molecular weight excluding hydrogens is 342 g/mol. The average Bonchev–Trinajstić information content (AvgIpc) is 2.54. The third-order valence-electron chi connectivity index (χ3n) is 3.66. The molecule has 1 aromatic carbocycles. The highest BCUT2D eigenvalue weighted by molar-refractivity contribution is 7.89. The summed E-state index contributed by atoms with van der Waals surface area (Å²) in [5, 5.41) is 0. The van der Waals surface area contributed by atoms with Crippen molar-refractivity contribution in [3.63, 3.8) is 0 Å². The Morgan fingerprint density at radius 3 is 2.04 bits per heavy atom. The van der Waals surface area contributed by atoms with Gasteiger partial charge in [0.2, 0.25) is 15.9 Å². The number of hydrogen-bond acceptors (Lipinski definition) is 5. The van der Waals surface area contributed by atoms with Gasteiger partial charge in [-0.2, -0.15) is 4.31 Å². The van der Waals surface area contributed by atoms with Crippen LogP contribution in [0.3, 0.4) is 0 Å². The van der Waals surface area contributed by atoms with E-state index in [-0.39, 0.29) is 48.6 Å². The minimum atomic E-state index is -3.61. The van der Waals surface area contributed by atoms with Crippen LogP contribution in [-0.4, -0.2) is 62.0 Å². The van der Waals surface area contributed by atoms with Gasteiger partial charge in [-0.3, -0.25) is 9.59 Å². The van der Waals surface area contributed by atoms with Gasteiger partial charge < -0.3 is 10.6 Å². The molecule has 1 heterocycles. The normalized spacial score (nSPS) is 15.8. The largest absolute Gasteiger partial charge is 0.339 e. The van der Waals surface area contributed by atoms with Crippen LogP contribution in [0.5, 0.6) is 0 Å². The van der Waals surface area contributed by atoms with Crippen LogP contribution in [-0.2, 0) is 14.8 Å². The first kappa shape index (κ1) is 19.6. The lowest BCUT2D eigenvalue weighted by Gasteiger charge is -2.33. The SMILES string of the molecule is CC(=O)c1ccc(S(=O)(=O)N2CCN(C(=O)CN)CC2)cc1.Cl. The summed E-state index contributed by atoms with van der Waals surface area (Å²) >= 11 is 0. The number of carbonyl (C=O) groups is 2. The van der Waals surface area contributed by atoms with Crippen LogP contribution in [0.4, 0.5) is 0 Å². The number of sulfonamides is 1. The summed E-state index contributed by atoms with van der Waals surface area (Å²) in [6.45, 7) is 2.50. The average molecular weight is 362 g/mol. The minimum Gasteiger partial charge on any atom is -0.339 e. The number of benzene rings is 1. The predicted molar refractivity (Wildman–Crippen MR) is 88.1 cm³/mol. The summed E-state index contributed by atoms with van der Waals surface area (Å²) in [4.78, 5) is 24.4. The van der Waals surface area contributed by atoms with Gasteiger partial charge in [0, 0.05) is 31.7 Å². The summed E-state index contributed by atoms with van der Waals surface area (Å²) in [6, 6.07) is 5.87. The maximum absolute atomic E-state index is 12.5. The fraction of sp³-hybridized carbons (Fsp3) is 0.429. The molecule has 0 spiro atoms. The second-order valence-corrected chi connectivity index (χ2v) is 7.01. The number of rotatable bonds is 4. The Balaban J connectivity index is 0.00000264. The van der Waals surface area contributed by atoms with Crippen LogP contribution >= 0.6 is 12.4 Å². The van der Waals surface area contributed by atoms with E-state index in [9.17, 15) is 18.0 Å². The quantitative estimate of drug-likeness (QED) is 0.767. The van der Waals surface area contributed by atoms with Gasteiger partial charge in [-0.1, -0.05) is 12.1 Å². The number of Topliss-reactive ketones (excluding diaryl/α,β-unsaturated/α-hetero) is 1. The molecule has 1 aliphatic heterocycles. The highest BCUT2D eigenvalue weighted by Crippen LogP contribution is 2.18. The van der Waals surface area contributed by atoms with E-state index in [1.807, 2.05) is 0 Å². The van der Waals surface area contributed by atoms with Gasteiger partial charge in [0.15, 0.2) is 5.78 Å². The molecule has 0 bridgehead atoms. The molecule has 7 nitrogen and oxygen atoms in total. The zero-order valence-electron chi connectivity index (χ0n) is 12.8. The molecule has 0 atom stereocenters. The van der Waals surface area contributed by atoms with Crippen molar-refractivity contribution in [2.24, 2.45) is 5.73 Å². The van der Waals surface area contributed by atoms with E-state index >= 15 is 0 Å². The van der Waals surface area contributed by atoms with Crippen LogP contribution in [0, 0.1) is 0 Å². The number of piperazine rings is 1. The van der Waals surface area contributed by atoms with Crippen LogP contribution in [0.25, 0.3) is 0 Å². The third-order valence-corrected chi connectivity index (χ3v) is 5.58. The standard InChI is InChI=1S/C14H19N3O4S.ClH/c1-11(18)12-2-4-13(5-3-12)22(20,21)17-8-6-16(7-9-17)14(19)10-15;/h2-5H,6-10,15H2,1H3;1H. The molecule has 1 fully saturated rings. The van der Waals surface area contributed by atoms with Crippen molar-refractivity contribution in [1.82, 2.24) is 9.21 Å². The highest BCUT2D eigenvalue weighted by atomic mass is 35.5. The van der Waals surface area contributed by atoms with E-state index < -0.39 is 10.0 Å². The molecule has 0 aromatic heterocycles. The first-order valence-corrected chi connectivity index (χ1v) is 8.39. The van der Waals surface area contributed by atoms with Crippen molar-refractivity contribution in [2.45, 2.75) is 11.8 Å². The molecule has 0 aliphatic carbocycles. The van der Waals surface area contributed by atoms with E-state index in [2.05, 4.69) is 0 Å². The molecule has 2 N–H and O–H groups in total. The third kappa shape index (κ3) is 4.29. The number of nitrogens with zero attached hydrogens (tertiary/aromatic N) is 2. The molecule has 1 aliphatic rings. The summed E-state index contributed by atoms with van der Waals surface area (Å²) in [5.74, 6) is -0.291. The smallest absolute Gasteiger partial charge is 0.243 e. The highest BCUT2D eigenvalue weighted by Gasteiger charge is 2.29. The van der Waals surface area contributed by atoms with Gasteiger partial charge in [0.05, 0.1) is 11.4 Å². The minimum absolute atomic E-state index is 0. The Labute approximate surface area is 141 Å². The predicted octanol–water partition coefficient (Wildman–Crippen LogP) is 0.103. The number of amides is 1. The molecule has 0 unspecified atom stereocenters. The molecule has 1 saturated heterocycles. The van der Waals surface area contributed by atoms with Gasteiger partial charge in [-0.15, -0.1) is 12.4 Å².